The molecule has 2 aliphatic heterocycles. The molecule has 0 unspecified atom stereocenters. The van der Waals surface area contributed by atoms with Crippen molar-refractivity contribution >= 4 is 11.5 Å². The molecule has 0 bridgehead atoms. The first-order valence-electron chi connectivity index (χ1n) is 9.49. The maximum atomic E-state index is 12.6. The van der Waals surface area contributed by atoms with Crippen LogP contribution in [0.15, 0.2) is 60.9 Å². The lowest BCUT2D eigenvalue weighted by molar-refractivity contribution is 0.0631. The van der Waals surface area contributed by atoms with E-state index < -0.39 is 0 Å². The topological polar surface area (TPSA) is 36.4 Å². The average Bonchev–Trinajstić information content (AvgIpc) is 2.75. The van der Waals surface area contributed by atoms with Gasteiger partial charge in [0, 0.05) is 50.2 Å². The van der Waals surface area contributed by atoms with Gasteiger partial charge in [-0.2, -0.15) is 0 Å². The van der Waals surface area contributed by atoms with Gasteiger partial charge in [-0.3, -0.25) is 14.7 Å². The van der Waals surface area contributed by atoms with Gasteiger partial charge in [0.15, 0.2) is 0 Å². The molecular formula is C22H25N3O. The lowest BCUT2D eigenvalue weighted by Crippen LogP contribution is -2.47. The number of rotatable bonds is 3. The molecule has 1 amide bonds. The van der Waals surface area contributed by atoms with E-state index in [-0.39, 0.29) is 5.91 Å². The van der Waals surface area contributed by atoms with Gasteiger partial charge in [0.2, 0.25) is 0 Å². The second-order valence-electron chi connectivity index (χ2n) is 7.10. The van der Waals surface area contributed by atoms with Crippen LogP contribution in [0.2, 0.25) is 0 Å². The minimum atomic E-state index is 0.135. The van der Waals surface area contributed by atoms with Gasteiger partial charge >= 0.3 is 0 Å². The molecular weight excluding hydrogens is 322 g/mol. The Labute approximate surface area is 155 Å². The molecule has 0 radical (unpaired) electrons. The number of piperidine rings is 1. The Morgan fingerprint density at radius 1 is 0.962 bits per heavy atom. The zero-order chi connectivity index (χ0) is 17.8. The van der Waals surface area contributed by atoms with Crippen molar-refractivity contribution in [1.82, 2.24) is 14.8 Å². The fraction of sp³-hybridized carbons (Fsp3) is 0.364. The highest BCUT2D eigenvalue weighted by Gasteiger charge is 2.28. The molecule has 0 N–H and O–H groups in total. The SMILES string of the molecule is O=C(c1ccncc1)N1CCC(N2CC=C(c3ccccc3)CC2)CC1. The summed E-state index contributed by atoms with van der Waals surface area (Å²) in [6.45, 7) is 3.83. The minimum Gasteiger partial charge on any atom is -0.339 e. The third kappa shape index (κ3) is 3.70. The predicted molar refractivity (Wildman–Crippen MR) is 104 cm³/mol. The zero-order valence-electron chi connectivity index (χ0n) is 15.1. The number of benzene rings is 1. The third-order valence-electron chi connectivity index (χ3n) is 5.58. The summed E-state index contributed by atoms with van der Waals surface area (Å²) in [5.41, 5.74) is 3.56. The van der Waals surface area contributed by atoms with E-state index in [0.717, 1.165) is 51.0 Å². The summed E-state index contributed by atoms with van der Waals surface area (Å²) < 4.78 is 0. The van der Waals surface area contributed by atoms with E-state index in [0.29, 0.717) is 6.04 Å². The second kappa shape index (κ2) is 7.83. The molecule has 2 aliphatic rings. The fourth-order valence-electron chi connectivity index (χ4n) is 4.04. The number of amides is 1. The number of pyridine rings is 1. The van der Waals surface area contributed by atoms with Gasteiger partial charge in [-0.25, -0.2) is 0 Å². The molecule has 0 saturated carbocycles. The van der Waals surface area contributed by atoms with Crippen LogP contribution in [0.4, 0.5) is 0 Å². The van der Waals surface area contributed by atoms with Crippen molar-refractivity contribution in [2.75, 3.05) is 26.2 Å². The number of carbonyl (C=O) groups is 1. The lowest BCUT2D eigenvalue weighted by Gasteiger charge is -2.39. The summed E-state index contributed by atoms with van der Waals surface area (Å²) in [5.74, 6) is 0.135. The summed E-state index contributed by atoms with van der Waals surface area (Å²) in [5, 5.41) is 0. The van der Waals surface area contributed by atoms with Gasteiger partial charge in [0.1, 0.15) is 0 Å². The van der Waals surface area contributed by atoms with Crippen molar-refractivity contribution in [2.24, 2.45) is 0 Å². The quantitative estimate of drug-likeness (QED) is 0.853. The van der Waals surface area contributed by atoms with Crippen LogP contribution in [0.5, 0.6) is 0 Å². The van der Waals surface area contributed by atoms with Gasteiger partial charge in [0.05, 0.1) is 0 Å². The van der Waals surface area contributed by atoms with E-state index in [1.54, 1.807) is 24.5 Å². The third-order valence-corrected chi connectivity index (χ3v) is 5.58. The van der Waals surface area contributed by atoms with Gasteiger partial charge in [0.25, 0.3) is 5.91 Å². The van der Waals surface area contributed by atoms with E-state index in [4.69, 9.17) is 0 Å². The molecule has 4 heteroatoms. The van der Waals surface area contributed by atoms with Crippen LogP contribution >= 0.6 is 0 Å². The van der Waals surface area contributed by atoms with Gasteiger partial charge < -0.3 is 4.90 Å². The molecule has 26 heavy (non-hydrogen) atoms. The highest BCUT2D eigenvalue weighted by atomic mass is 16.2. The van der Waals surface area contributed by atoms with E-state index in [1.165, 1.54) is 11.1 Å². The average molecular weight is 347 g/mol. The molecule has 4 nitrogen and oxygen atoms in total. The summed E-state index contributed by atoms with van der Waals surface area (Å²) in [6, 6.07) is 14.9. The zero-order valence-corrected chi connectivity index (χ0v) is 15.1. The first kappa shape index (κ1) is 17.0. The van der Waals surface area contributed by atoms with Crippen molar-refractivity contribution in [3.63, 3.8) is 0 Å². The summed E-state index contributed by atoms with van der Waals surface area (Å²) in [6.07, 6.45) is 8.99. The van der Waals surface area contributed by atoms with Crippen LogP contribution in [0, 0.1) is 0 Å². The van der Waals surface area contributed by atoms with E-state index in [9.17, 15) is 4.79 Å². The molecule has 0 aliphatic carbocycles. The Hall–Kier alpha value is -2.46. The maximum Gasteiger partial charge on any atom is 0.253 e. The number of carbonyl (C=O) groups excluding carboxylic acids is 1. The predicted octanol–water partition coefficient (Wildman–Crippen LogP) is 3.48. The second-order valence-corrected chi connectivity index (χ2v) is 7.10. The summed E-state index contributed by atoms with van der Waals surface area (Å²) >= 11 is 0. The van der Waals surface area contributed by atoms with Gasteiger partial charge in [-0.05, 0) is 42.5 Å². The van der Waals surface area contributed by atoms with Crippen molar-refractivity contribution < 1.29 is 4.79 Å². The Balaban J connectivity index is 1.32. The molecule has 134 valence electrons. The number of hydrogen-bond acceptors (Lipinski definition) is 3. The van der Waals surface area contributed by atoms with Crippen molar-refractivity contribution in [2.45, 2.75) is 25.3 Å². The highest BCUT2D eigenvalue weighted by molar-refractivity contribution is 5.94. The minimum absolute atomic E-state index is 0.135. The molecule has 4 rings (SSSR count). The van der Waals surface area contributed by atoms with E-state index >= 15 is 0 Å². The van der Waals surface area contributed by atoms with Crippen molar-refractivity contribution in [3.8, 4) is 0 Å². The highest BCUT2D eigenvalue weighted by Crippen LogP contribution is 2.26. The molecule has 2 aromatic rings. The number of hydrogen-bond donors (Lipinski definition) is 0. The summed E-state index contributed by atoms with van der Waals surface area (Å²) in [7, 11) is 0. The molecule has 1 aromatic heterocycles. The summed E-state index contributed by atoms with van der Waals surface area (Å²) in [4.78, 5) is 21.1. The standard InChI is InChI=1S/C22H25N3O/c26-22(20-6-12-23-13-7-20)25-16-10-21(11-17-25)24-14-8-19(9-15-24)18-4-2-1-3-5-18/h1-8,12-13,21H,9-11,14-17H2. The molecule has 1 fully saturated rings. The molecule has 3 heterocycles. The molecule has 1 saturated heterocycles. The Morgan fingerprint density at radius 2 is 1.69 bits per heavy atom. The van der Waals surface area contributed by atoms with Crippen LogP contribution in [0.25, 0.3) is 5.57 Å². The Morgan fingerprint density at radius 3 is 2.35 bits per heavy atom. The molecule has 0 spiro atoms. The monoisotopic (exact) mass is 347 g/mol. The first-order valence-corrected chi connectivity index (χ1v) is 9.49. The van der Waals surface area contributed by atoms with Crippen molar-refractivity contribution in [3.05, 3.63) is 72.1 Å². The Bertz CT molecular complexity index is 764. The maximum absolute atomic E-state index is 12.6. The molecule has 0 atom stereocenters. The largest absolute Gasteiger partial charge is 0.339 e. The van der Waals surface area contributed by atoms with Crippen LogP contribution in [-0.4, -0.2) is 52.9 Å². The van der Waals surface area contributed by atoms with Crippen molar-refractivity contribution in [1.29, 1.82) is 0 Å². The molecule has 1 aromatic carbocycles. The van der Waals surface area contributed by atoms with E-state index in [2.05, 4.69) is 46.3 Å². The van der Waals surface area contributed by atoms with E-state index in [1.807, 2.05) is 4.90 Å². The van der Waals surface area contributed by atoms with Crippen LogP contribution in [0.1, 0.15) is 35.2 Å². The number of aromatic nitrogens is 1. The first-order chi connectivity index (χ1) is 12.8. The van der Waals surface area contributed by atoms with Gasteiger partial charge in [-0.1, -0.05) is 36.4 Å². The number of nitrogens with zero attached hydrogens (tertiary/aromatic N) is 3. The van der Waals surface area contributed by atoms with Gasteiger partial charge in [-0.15, -0.1) is 0 Å². The normalized spacial score (nSPS) is 19.2. The fourth-order valence-corrected chi connectivity index (χ4v) is 4.04. The van der Waals surface area contributed by atoms with Crippen LogP contribution in [0.3, 0.4) is 0 Å². The lowest BCUT2D eigenvalue weighted by atomic mass is 9.96. The Kier molecular flexibility index (Phi) is 5.12. The smallest absolute Gasteiger partial charge is 0.253 e. The number of likely N-dealkylation sites (tertiary alicyclic amines) is 1. The van der Waals surface area contributed by atoms with Crippen LogP contribution in [-0.2, 0) is 0 Å². The van der Waals surface area contributed by atoms with Crippen LogP contribution < -0.4 is 0 Å².